The summed E-state index contributed by atoms with van der Waals surface area (Å²) in [7, 11) is 0. The zero-order valence-corrected chi connectivity index (χ0v) is 17.5. The standard InChI is InChI=1S/C23H28FNO5/c1-23(2,3)30-22(27)25-19(13-14-28-20-11-9-18(24)10-12-20)15-21(26)29-16-17-7-5-4-6-8-17/h4-12,19H,13-16H2,1-3H3,(H,25,27)/t19-/m0/s1. The van der Waals surface area contributed by atoms with Crippen molar-refractivity contribution in [3.05, 3.63) is 66.0 Å². The molecule has 2 rings (SSSR count). The van der Waals surface area contributed by atoms with E-state index in [2.05, 4.69) is 5.32 Å². The summed E-state index contributed by atoms with van der Waals surface area (Å²) in [6.45, 7) is 5.65. The number of hydrogen-bond acceptors (Lipinski definition) is 5. The number of esters is 1. The molecule has 0 heterocycles. The van der Waals surface area contributed by atoms with E-state index < -0.39 is 23.7 Å². The first-order valence-corrected chi connectivity index (χ1v) is 9.79. The summed E-state index contributed by atoms with van der Waals surface area (Å²) in [5, 5.41) is 2.70. The number of carbonyl (C=O) groups is 2. The fourth-order valence-corrected chi connectivity index (χ4v) is 2.55. The van der Waals surface area contributed by atoms with Gasteiger partial charge in [-0.2, -0.15) is 0 Å². The number of ether oxygens (including phenoxy) is 3. The monoisotopic (exact) mass is 417 g/mol. The molecule has 0 aliphatic carbocycles. The normalized spacial score (nSPS) is 12.0. The Morgan fingerprint density at radius 3 is 2.33 bits per heavy atom. The molecule has 0 bridgehead atoms. The molecule has 0 aliphatic heterocycles. The van der Waals surface area contributed by atoms with E-state index in [4.69, 9.17) is 14.2 Å². The molecule has 0 unspecified atom stereocenters. The van der Waals surface area contributed by atoms with Crippen molar-refractivity contribution >= 4 is 12.1 Å². The fourth-order valence-electron chi connectivity index (χ4n) is 2.55. The predicted octanol–water partition coefficient (Wildman–Crippen LogP) is 4.62. The Morgan fingerprint density at radius 2 is 1.70 bits per heavy atom. The predicted molar refractivity (Wildman–Crippen MR) is 111 cm³/mol. The number of halogens is 1. The van der Waals surface area contributed by atoms with Crippen LogP contribution in [-0.2, 0) is 20.9 Å². The first-order chi connectivity index (χ1) is 14.2. The molecule has 30 heavy (non-hydrogen) atoms. The molecule has 0 saturated carbocycles. The van der Waals surface area contributed by atoms with Crippen LogP contribution < -0.4 is 10.1 Å². The molecule has 0 saturated heterocycles. The first-order valence-electron chi connectivity index (χ1n) is 9.79. The SMILES string of the molecule is CC(C)(C)OC(=O)N[C@@H](CCOc1ccc(F)cc1)CC(=O)OCc1ccccc1. The average molecular weight is 417 g/mol. The van der Waals surface area contributed by atoms with Gasteiger partial charge in [0.1, 0.15) is 23.8 Å². The number of nitrogens with one attached hydrogen (secondary N) is 1. The zero-order valence-electron chi connectivity index (χ0n) is 17.5. The van der Waals surface area contributed by atoms with Crippen LogP contribution in [0, 0.1) is 5.82 Å². The summed E-state index contributed by atoms with van der Waals surface area (Å²) in [5.74, 6) is -0.297. The fraction of sp³-hybridized carbons (Fsp3) is 0.391. The third-order valence-electron chi connectivity index (χ3n) is 3.93. The van der Waals surface area contributed by atoms with Crippen molar-refractivity contribution in [3.63, 3.8) is 0 Å². The smallest absolute Gasteiger partial charge is 0.407 e. The van der Waals surface area contributed by atoms with Crippen molar-refractivity contribution in [2.75, 3.05) is 6.61 Å². The summed E-state index contributed by atoms with van der Waals surface area (Å²) >= 11 is 0. The van der Waals surface area contributed by atoms with E-state index in [0.717, 1.165) is 5.56 Å². The molecule has 0 radical (unpaired) electrons. The van der Waals surface area contributed by atoms with Crippen LogP contribution >= 0.6 is 0 Å². The van der Waals surface area contributed by atoms with Crippen molar-refractivity contribution in [3.8, 4) is 5.75 Å². The van der Waals surface area contributed by atoms with Crippen molar-refractivity contribution in [1.29, 1.82) is 0 Å². The van der Waals surface area contributed by atoms with Gasteiger partial charge in [-0.15, -0.1) is 0 Å². The number of benzene rings is 2. The Bertz CT molecular complexity index is 803. The van der Waals surface area contributed by atoms with Gasteiger partial charge in [0, 0.05) is 12.5 Å². The Morgan fingerprint density at radius 1 is 1.03 bits per heavy atom. The molecule has 2 aromatic carbocycles. The highest BCUT2D eigenvalue weighted by Gasteiger charge is 2.22. The van der Waals surface area contributed by atoms with Crippen LogP contribution in [0.15, 0.2) is 54.6 Å². The molecule has 1 N–H and O–H groups in total. The topological polar surface area (TPSA) is 73.9 Å². The van der Waals surface area contributed by atoms with E-state index in [9.17, 15) is 14.0 Å². The van der Waals surface area contributed by atoms with Gasteiger partial charge in [-0.25, -0.2) is 9.18 Å². The van der Waals surface area contributed by atoms with Gasteiger partial charge in [0.2, 0.25) is 0 Å². The van der Waals surface area contributed by atoms with Crippen LogP contribution in [-0.4, -0.2) is 30.3 Å². The number of hydrogen-bond donors (Lipinski definition) is 1. The van der Waals surface area contributed by atoms with Crippen LogP contribution in [0.1, 0.15) is 39.2 Å². The van der Waals surface area contributed by atoms with E-state index in [1.165, 1.54) is 24.3 Å². The average Bonchev–Trinajstić information content (AvgIpc) is 2.67. The third-order valence-corrected chi connectivity index (χ3v) is 3.93. The third kappa shape index (κ3) is 9.41. The molecule has 0 aliphatic rings. The van der Waals surface area contributed by atoms with Gasteiger partial charge in [-0.05, 0) is 50.6 Å². The molecule has 162 valence electrons. The molecule has 0 aromatic heterocycles. The lowest BCUT2D eigenvalue weighted by atomic mass is 10.1. The molecule has 0 spiro atoms. The molecular weight excluding hydrogens is 389 g/mol. The van der Waals surface area contributed by atoms with Gasteiger partial charge in [-0.1, -0.05) is 30.3 Å². The molecule has 1 atom stereocenters. The number of rotatable bonds is 9. The van der Waals surface area contributed by atoms with Gasteiger partial charge < -0.3 is 19.5 Å². The van der Waals surface area contributed by atoms with E-state index in [0.29, 0.717) is 12.2 Å². The van der Waals surface area contributed by atoms with Gasteiger partial charge >= 0.3 is 12.1 Å². The van der Waals surface area contributed by atoms with Crippen molar-refractivity contribution < 1.29 is 28.2 Å². The number of carbonyl (C=O) groups excluding carboxylic acids is 2. The lowest BCUT2D eigenvalue weighted by molar-refractivity contribution is -0.145. The molecule has 6 nitrogen and oxygen atoms in total. The summed E-state index contributed by atoms with van der Waals surface area (Å²) in [6.07, 6.45) is -0.305. The lowest BCUT2D eigenvalue weighted by Crippen LogP contribution is -2.41. The molecular formula is C23H28FNO5. The second-order valence-corrected chi connectivity index (χ2v) is 7.78. The van der Waals surface area contributed by atoms with E-state index in [1.807, 2.05) is 30.3 Å². The Labute approximate surface area is 176 Å². The minimum atomic E-state index is -0.660. The minimum absolute atomic E-state index is 0.0289. The number of amides is 1. The Kier molecular flexibility index (Phi) is 8.65. The van der Waals surface area contributed by atoms with Crippen LogP contribution in [0.5, 0.6) is 5.75 Å². The summed E-state index contributed by atoms with van der Waals surface area (Å²) in [6, 6.07) is 14.4. The molecule has 0 fully saturated rings. The van der Waals surface area contributed by atoms with Gasteiger partial charge in [0.15, 0.2) is 0 Å². The summed E-state index contributed by atoms with van der Waals surface area (Å²) in [5.41, 5.74) is 0.217. The van der Waals surface area contributed by atoms with Crippen LogP contribution in [0.2, 0.25) is 0 Å². The number of alkyl carbamates (subject to hydrolysis) is 1. The highest BCUT2D eigenvalue weighted by molar-refractivity contribution is 5.73. The van der Waals surface area contributed by atoms with Crippen LogP contribution in [0.25, 0.3) is 0 Å². The van der Waals surface area contributed by atoms with Gasteiger partial charge in [0.05, 0.1) is 13.0 Å². The van der Waals surface area contributed by atoms with Crippen molar-refractivity contribution in [2.45, 2.75) is 51.9 Å². The maximum absolute atomic E-state index is 13.0. The van der Waals surface area contributed by atoms with Crippen molar-refractivity contribution in [2.24, 2.45) is 0 Å². The summed E-state index contributed by atoms with van der Waals surface area (Å²) in [4.78, 5) is 24.4. The van der Waals surface area contributed by atoms with Gasteiger partial charge in [0.25, 0.3) is 0 Å². The molecule has 1 amide bonds. The van der Waals surface area contributed by atoms with E-state index in [1.54, 1.807) is 20.8 Å². The maximum Gasteiger partial charge on any atom is 0.407 e. The van der Waals surface area contributed by atoms with Crippen molar-refractivity contribution in [1.82, 2.24) is 5.32 Å². The second kappa shape index (κ2) is 11.2. The lowest BCUT2D eigenvalue weighted by Gasteiger charge is -2.23. The largest absolute Gasteiger partial charge is 0.494 e. The zero-order chi connectivity index (χ0) is 22.0. The minimum Gasteiger partial charge on any atom is -0.494 e. The quantitative estimate of drug-likeness (QED) is 0.603. The highest BCUT2D eigenvalue weighted by Crippen LogP contribution is 2.13. The summed E-state index contributed by atoms with van der Waals surface area (Å²) < 4.78 is 29.1. The molecule has 2 aromatic rings. The maximum atomic E-state index is 13.0. The van der Waals surface area contributed by atoms with Crippen LogP contribution in [0.4, 0.5) is 9.18 Å². The Balaban J connectivity index is 1.89. The second-order valence-electron chi connectivity index (χ2n) is 7.78. The highest BCUT2D eigenvalue weighted by atomic mass is 19.1. The van der Waals surface area contributed by atoms with E-state index >= 15 is 0 Å². The van der Waals surface area contributed by atoms with E-state index in [-0.39, 0.29) is 25.5 Å². The molecule has 7 heteroatoms. The first kappa shape index (κ1) is 23.2. The van der Waals surface area contributed by atoms with Crippen LogP contribution in [0.3, 0.4) is 0 Å². The Hall–Kier alpha value is -3.09. The van der Waals surface area contributed by atoms with Gasteiger partial charge in [-0.3, -0.25) is 4.79 Å².